The SMILES string of the molecule is COC(=O)CS(=O)(=O)c1ccc(-c2csc(N(Cc3ccc(CP(=O)(OF)OF)c(Br)c3)c3ccc(Cl)c(Cl)c3)n2)cc1. The Kier molecular flexibility index (Phi) is 11.0. The van der Waals surface area contributed by atoms with Crippen molar-refractivity contribution in [3.05, 3.63) is 91.7 Å². The smallest absolute Gasteiger partial charge is 0.399 e. The topological polar surface area (TPSA) is 112 Å². The average Bonchev–Trinajstić information content (AvgIpc) is 3.48. The third-order valence-corrected chi connectivity index (χ3v) is 11.1. The van der Waals surface area contributed by atoms with E-state index in [0.29, 0.717) is 36.6 Å². The summed E-state index contributed by atoms with van der Waals surface area (Å²) in [5, 5.41) is 3.02. The van der Waals surface area contributed by atoms with Crippen molar-refractivity contribution < 1.29 is 41.0 Å². The van der Waals surface area contributed by atoms with E-state index in [4.69, 9.17) is 28.2 Å². The average molecular weight is 756 g/mol. The van der Waals surface area contributed by atoms with Gasteiger partial charge in [-0.05, 0) is 56.6 Å². The number of thiazole rings is 1. The Morgan fingerprint density at radius 1 is 1.05 bits per heavy atom. The van der Waals surface area contributed by atoms with E-state index in [1.807, 2.05) is 4.90 Å². The first kappa shape index (κ1) is 33.5. The molecule has 0 atom stereocenters. The summed E-state index contributed by atoms with van der Waals surface area (Å²) in [5.41, 5.74) is 2.87. The van der Waals surface area contributed by atoms with E-state index in [0.717, 1.165) is 12.7 Å². The molecule has 0 aliphatic rings. The van der Waals surface area contributed by atoms with Crippen LogP contribution in [0.2, 0.25) is 10.0 Å². The van der Waals surface area contributed by atoms with Crippen LogP contribution in [0, 0.1) is 0 Å². The molecule has 17 heteroatoms. The van der Waals surface area contributed by atoms with Gasteiger partial charge in [-0.3, -0.25) is 9.36 Å². The van der Waals surface area contributed by atoms with Gasteiger partial charge >= 0.3 is 13.6 Å². The highest BCUT2D eigenvalue weighted by Crippen LogP contribution is 2.53. The Morgan fingerprint density at radius 2 is 1.74 bits per heavy atom. The molecule has 0 aliphatic carbocycles. The number of sulfone groups is 1. The summed E-state index contributed by atoms with van der Waals surface area (Å²) in [6.45, 7) is 0.255. The van der Waals surface area contributed by atoms with Crippen molar-refractivity contribution >= 4 is 84.7 Å². The maximum absolute atomic E-state index is 12.6. The van der Waals surface area contributed by atoms with Gasteiger partial charge in [0, 0.05) is 21.1 Å². The van der Waals surface area contributed by atoms with Crippen LogP contribution >= 0.6 is 58.1 Å². The van der Waals surface area contributed by atoms with E-state index in [2.05, 4.69) is 30.1 Å². The lowest BCUT2D eigenvalue weighted by Crippen LogP contribution is -2.17. The maximum atomic E-state index is 12.6. The monoisotopic (exact) mass is 754 g/mol. The number of aromatic nitrogens is 1. The lowest BCUT2D eigenvalue weighted by Gasteiger charge is -2.23. The molecule has 4 aromatic rings. The number of ether oxygens (including phenoxy) is 1. The number of halogens is 5. The number of rotatable bonds is 12. The van der Waals surface area contributed by atoms with Crippen LogP contribution < -0.4 is 4.90 Å². The Hall–Kier alpha value is -2.42. The van der Waals surface area contributed by atoms with Crippen molar-refractivity contribution in [3.8, 4) is 11.3 Å². The summed E-state index contributed by atoms with van der Waals surface area (Å²) in [6.07, 6.45) is -0.643. The molecule has 0 N–H and O–H groups in total. The van der Waals surface area contributed by atoms with Crippen molar-refractivity contribution in [1.29, 1.82) is 0 Å². The number of benzene rings is 3. The number of carbonyl (C=O) groups excluding carboxylic acids is 1. The van der Waals surface area contributed by atoms with E-state index in [1.54, 1.807) is 47.8 Å². The molecular weight excluding hydrogens is 736 g/mol. The molecule has 0 saturated heterocycles. The number of carbonyl (C=O) groups is 1. The Balaban J connectivity index is 1.65. The van der Waals surface area contributed by atoms with Gasteiger partial charge in [-0.2, -0.15) is 0 Å². The lowest BCUT2D eigenvalue weighted by atomic mass is 10.1. The van der Waals surface area contributed by atoms with Gasteiger partial charge in [0.1, 0.15) is 0 Å². The normalized spacial score (nSPS) is 11.9. The molecule has 0 radical (unpaired) electrons. The first-order valence-electron chi connectivity index (χ1n) is 11.9. The van der Waals surface area contributed by atoms with Crippen LogP contribution in [0.15, 0.2) is 75.4 Å². The molecule has 4 rings (SSSR count). The molecule has 228 valence electrons. The predicted octanol–water partition coefficient (Wildman–Crippen LogP) is 8.66. The third-order valence-electron chi connectivity index (χ3n) is 6.01. The number of anilines is 2. The summed E-state index contributed by atoms with van der Waals surface area (Å²) in [5.74, 6) is -1.63. The van der Waals surface area contributed by atoms with Crippen molar-refractivity contribution in [2.45, 2.75) is 17.6 Å². The predicted molar refractivity (Wildman–Crippen MR) is 164 cm³/mol. The van der Waals surface area contributed by atoms with Gasteiger partial charge in [-0.15, -0.1) is 20.8 Å². The quantitative estimate of drug-likeness (QED) is 0.104. The van der Waals surface area contributed by atoms with Crippen molar-refractivity contribution in [2.24, 2.45) is 0 Å². The summed E-state index contributed by atoms with van der Waals surface area (Å²) in [7, 11) is -7.35. The van der Waals surface area contributed by atoms with Crippen molar-refractivity contribution in [3.63, 3.8) is 0 Å². The van der Waals surface area contributed by atoms with Crippen LogP contribution in [0.25, 0.3) is 11.3 Å². The number of esters is 1. The first-order chi connectivity index (χ1) is 20.4. The standard InChI is InChI=1S/C26H20BrCl2F2N2O7PS2/c1-38-25(34)15-43(36,37)20-7-4-17(5-8-20)24-14-42-26(32-24)33(19-6-9-22(28)23(29)11-19)12-16-2-3-18(21(27)10-16)13-41(35,39-30)40-31/h2-11,14H,12-13,15H2,1H3. The molecule has 9 nitrogen and oxygen atoms in total. The Labute approximate surface area is 267 Å². The highest BCUT2D eigenvalue weighted by atomic mass is 79.9. The second-order valence-electron chi connectivity index (χ2n) is 8.89. The van der Waals surface area contributed by atoms with Crippen LogP contribution in [0.1, 0.15) is 11.1 Å². The largest absolute Gasteiger partial charge is 0.468 e. The minimum absolute atomic E-state index is 0.0314. The summed E-state index contributed by atoms with van der Waals surface area (Å²) < 4.78 is 73.3. The van der Waals surface area contributed by atoms with Gasteiger partial charge in [-0.25, -0.2) is 13.4 Å². The molecule has 43 heavy (non-hydrogen) atoms. The molecule has 1 aromatic heterocycles. The maximum Gasteiger partial charge on any atom is 0.399 e. The summed E-state index contributed by atoms with van der Waals surface area (Å²) in [4.78, 5) is 18.0. The highest BCUT2D eigenvalue weighted by Gasteiger charge is 2.29. The fraction of sp³-hybridized carbons (Fsp3) is 0.154. The van der Waals surface area contributed by atoms with Gasteiger partial charge in [0.25, 0.3) is 0 Å². The first-order valence-corrected chi connectivity index (χ1v) is 17.7. The lowest BCUT2D eigenvalue weighted by molar-refractivity contribution is -0.137. The highest BCUT2D eigenvalue weighted by molar-refractivity contribution is 9.10. The zero-order valence-corrected chi connectivity index (χ0v) is 27.5. The molecular formula is C26H20BrCl2F2N2O7PS2. The fourth-order valence-corrected chi connectivity index (χ4v) is 7.73. The minimum atomic E-state index is -4.59. The molecule has 0 fully saturated rings. The van der Waals surface area contributed by atoms with Gasteiger partial charge < -0.3 is 9.64 Å². The molecule has 3 aromatic carbocycles. The van der Waals surface area contributed by atoms with Crippen molar-refractivity contribution in [2.75, 3.05) is 17.8 Å². The third kappa shape index (κ3) is 8.20. The van der Waals surface area contributed by atoms with Gasteiger partial charge in [0.2, 0.25) is 0 Å². The summed E-state index contributed by atoms with van der Waals surface area (Å²) >= 11 is 17.1. The Bertz CT molecular complexity index is 1790. The molecule has 0 bridgehead atoms. The van der Waals surface area contributed by atoms with Gasteiger partial charge in [-0.1, -0.05) is 63.4 Å². The number of nitrogens with zero attached hydrogens (tertiary/aromatic N) is 2. The van der Waals surface area contributed by atoms with E-state index in [9.17, 15) is 26.8 Å². The molecule has 0 aliphatic heterocycles. The minimum Gasteiger partial charge on any atom is -0.468 e. The Morgan fingerprint density at radius 3 is 2.35 bits per heavy atom. The van der Waals surface area contributed by atoms with E-state index in [-0.39, 0.29) is 17.0 Å². The zero-order valence-electron chi connectivity index (χ0n) is 21.9. The van der Waals surface area contributed by atoms with E-state index in [1.165, 1.54) is 29.5 Å². The van der Waals surface area contributed by atoms with Crippen molar-refractivity contribution in [1.82, 2.24) is 4.98 Å². The second-order valence-corrected chi connectivity index (χ2v) is 15.2. The molecule has 1 heterocycles. The zero-order chi connectivity index (χ0) is 31.4. The van der Waals surface area contributed by atoms with E-state index >= 15 is 0 Å². The van der Waals surface area contributed by atoms with Gasteiger partial charge in [0.15, 0.2) is 20.7 Å². The molecule has 0 amide bonds. The fourth-order valence-electron chi connectivity index (χ4n) is 3.84. The van der Waals surface area contributed by atoms with Crippen LogP contribution in [0.5, 0.6) is 0 Å². The second kappa shape index (κ2) is 14.1. The van der Waals surface area contributed by atoms with Crippen LogP contribution in [0.4, 0.5) is 19.9 Å². The van der Waals surface area contributed by atoms with Crippen LogP contribution in [0.3, 0.4) is 0 Å². The van der Waals surface area contributed by atoms with Crippen LogP contribution in [-0.4, -0.2) is 32.2 Å². The van der Waals surface area contributed by atoms with Gasteiger partial charge in [0.05, 0.1) is 40.5 Å². The summed E-state index contributed by atoms with van der Waals surface area (Å²) in [6, 6.07) is 15.9. The molecule has 0 spiro atoms. The number of hydrogen-bond acceptors (Lipinski definition) is 10. The molecule has 0 saturated carbocycles. The molecule has 0 unspecified atom stereocenters. The number of hydrogen-bond donors (Lipinski definition) is 0. The van der Waals surface area contributed by atoms with E-state index < -0.39 is 35.3 Å². The van der Waals surface area contributed by atoms with Crippen LogP contribution in [-0.2, 0) is 46.1 Å². The number of methoxy groups -OCH3 is 1.